The lowest BCUT2D eigenvalue weighted by Crippen LogP contribution is -2.24. The number of benzene rings is 1. The Morgan fingerprint density at radius 2 is 1.92 bits per heavy atom. The first-order valence-corrected chi connectivity index (χ1v) is 8.57. The van der Waals surface area contributed by atoms with E-state index in [1.165, 1.54) is 5.56 Å². The van der Waals surface area contributed by atoms with Gasteiger partial charge in [0.25, 0.3) is 5.91 Å². The first kappa shape index (κ1) is 16.4. The SMILES string of the molecule is Cc1ccc(C(=O)Nc2ccc(-c3cccc(C4COC4)c3)cn2)cn1. The van der Waals surface area contributed by atoms with Crippen molar-refractivity contribution in [3.63, 3.8) is 0 Å². The van der Waals surface area contributed by atoms with Gasteiger partial charge in [-0.3, -0.25) is 9.78 Å². The topological polar surface area (TPSA) is 64.1 Å². The quantitative estimate of drug-likeness (QED) is 0.781. The van der Waals surface area contributed by atoms with Gasteiger partial charge >= 0.3 is 0 Å². The van der Waals surface area contributed by atoms with Crippen LogP contribution in [0.2, 0.25) is 0 Å². The van der Waals surface area contributed by atoms with Crippen molar-refractivity contribution in [3.8, 4) is 11.1 Å². The van der Waals surface area contributed by atoms with Crippen molar-refractivity contribution in [1.29, 1.82) is 0 Å². The van der Waals surface area contributed by atoms with Crippen LogP contribution in [0.25, 0.3) is 11.1 Å². The molecule has 1 saturated heterocycles. The number of rotatable bonds is 4. The van der Waals surface area contributed by atoms with Crippen molar-refractivity contribution in [2.75, 3.05) is 18.5 Å². The van der Waals surface area contributed by atoms with E-state index in [0.29, 0.717) is 17.3 Å². The van der Waals surface area contributed by atoms with Crippen LogP contribution in [0.15, 0.2) is 60.9 Å². The largest absolute Gasteiger partial charge is 0.380 e. The van der Waals surface area contributed by atoms with Crippen molar-refractivity contribution in [1.82, 2.24) is 9.97 Å². The molecule has 3 heterocycles. The predicted octanol–water partition coefficient (Wildman–Crippen LogP) is 3.82. The average Bonchev–Trinajstić information content (AvgIpc) is 2.62. The monoisotopic (exact) mass is 345 g/mol. The molecule has 0 bridgehead atoms. The van der Waals surface area contributed by atoms with E-state index < -0.39 is 0 Å². The van der Waals surface area contributed by atoms with Crippen LogP contribution in [0, 0.1) is 6.92 Å². The van der Waals surface area contributed by atoms with Gasteiger partial charge in [-0.2, -0.15) is 0 Å². The van der Waals surface area contributed by atoms with E-state index in [1.807, 2.05) is 25.1 Å². The van der Waals surface area contributed by atoms with E-state index in [2.05, 4.69) is 39.6 Å². The summed E-state index contributed by atoms with van der Waals surface area (Å²) >= 11 is 0. The summed E-state index contributed by atoms with van der Waals surface area (Å²) in [5, 5.41) is 2.80. The van der Waals surface area contributed by atoms with Gasteiger partial charge in [0.2, 0.25) is 0 Å². The molecule has 1 aliphatic heterocycles. The van der Waals surface area contributed by atoms with E-state index in [0.717, 1.165) is 30.0 Å². The zero-order valence-electron chi connectivity index (χ0n) is 14.5. The van der Waals surface area contributed by atoms with Crippen LogP contribution in [0.4, 0.5) is 5.82 Å². The summed E-state index contributed by atoms with van der Waals surface area (Å²) in [6, 6.07) is 15.8. The molecule has 4 rings (SSSR count). The summed E-state index contributed by atoms with van der Waals surface area (Å²) in [6.07, 6.45) is 3.34. The lowest BCUT2D eigenvalue weighted by Gasteiger charge is -2.26. The number of amides is 1. The Labute approximate surface area is 152 Å². The third kappa shape index (κ3) is 3.48. The molecule has 0 radical (unpaired) electrons. The third-order valence-corrected chi connectivity index (χ3v) is 4.51. The van der Waals surface area contributed by atoms with E-state index in [4.69, 9.17) is 4.74 Å². The summed E-state index contributed by atoms with van der Waals surface area (Å²) in [6.45, 7) is 3.47. The molecule has 3 aromatic rings. The maximum atomic E-state index is 12.2. The first-order valence-electron chi connectivity index (χ1n) is 8.57. The highest BCUT2D eigenvalue weighted by Crippen LogP contribution is 2.28. The molecular formula is C21H19N3O2. The van der Waals surface area contributed by atoms with Gasteiger partial charge in [0.05, 0.1) is 18.8 Å². The second-order valence-electron chi connectivity index (χ2n) is 6.43. The number of hydrogen-bond donors (Lipinski definition) is 1. The highest BCUT2D eigenvalue weighted by molar-refractivity contribution is 6.03. The molecule has 0 atom stereocenters. The minimum Gasteiger partial charge on any atom is -0.380 e. The van der Waals surface area contributed by atoms with Gasteiger partial charge in [-0.25, -0.2) is 4.98 Å². The Bertz CT molecular complexity index is 917. The summed E-state index contributed by atoms with van der Waals surface area (Å²) in [5.74, 6) is 0.789. The summed E-state index contributed by atoms with van der Waals surface area (Å²) in [7, 11) is 0. The number of ether oxygens (including phenoxy) is 1. The molecule has 5 nitrogen and oxygen atoms in total. The van der Waals surface area contributed by atoms with Crippen LogP contribution in [-0.4, -0.2) is 29.1 Å². The molecular weight excluding hydrogens is 326 g/mol. The van der Waals surface area contributed by atoms with Gasteiger partial charge in [-0.05, 0) is 42.3 Å². The number of hydrogen-bond acceptors (Lipinski definition) is 4. The van der Waals surface area contributed by atoms with Crippen molar-refractivity contribution < 1.29 is 9.53 Å². The van der Waals surface area contributed by atoms with Crippen molar-refractivity contribution >= 4 is 11.7 Å². The zero-order chi connectivity index (χ0) is 17.9. The Hall–Kier alpha value is -3.05. The molecule has 1 amide bonds. The number of pyridine rings is 2. The smallest absolute Gasteiger partial charge is 0.258 e. The molecule has 1 aromatic carbocycles. The normalized spacial score (nSPS) is 13.9. The van der Waals surface area contributed by atoms with Crippen molar-refractivity contribution in [2.24, 2.45) is 0 Å². The Balaban J connectivity index is 1.48. The standard InChI is InChI=1S/C21H19N3O2/c1-14-5-6-18(11-22-14)21(25)24-20-8-7-17(10-23-20)15-3-2-4-16(9-15)19-12-26-13-19/h2-11,19H,12-13H2,1H3,(H,23,24,25). The molecule has 0 unspecified atom stereocenters. The van der Waals surface area contributed by atoms with Crippen LogP contribution in [-0.2, 0) is 4.74 Å². The third-order valence-electron chi connectivity index (χ3n) is 4.51. The Morgan fingerprint density at radius 1 is 1.04 bits per heavy atom. The van der Waals surface area contributed by atoms with E-state index in [-0.39, 0.29) is 5.91 Å². The molecule has 1 fully saturated rings. The summed E-state index contributed by atoms with van der Waals surface area (Å²) < 4.78 is 5.27. The van der Waals surface area contributed by atoms with Crippen LogP contribution < -0.4 is 5.32 Å². The highest BCUT2D eigenvalue weighted by atomic mass is 16.5. The molecule has 0 saturated carbocycles. The summed E-state index contributed by atoms with van der Waals surface area (Å²) in [5.41, 5.74) is 4.80. The Kier molecular flexibility index (Phi) is 4.46. The lowest BCUT2D eigenvalue weighted by molar-refractivity contribution is 0.00844. The number of nitrogens with zero attached hydrogens (tertiary/aromatic N) is 2. The van der Waals surface area contributed by atoms with Gasteiger partial charge in [0.15, 0.2) is 0 Å². The van der Waals surface area contributed by atoms with Gasteiger partial charge in [0.1, 0.15) is 5.82 Å². The van der Waals surface area contributed by atoms with Crippen LogP contribution >= 0.6 is 0 Å². The highest BCUT2D eigenvalue weighted by Gasteiger charge is 2.20. The number of aryl methyl sites for hydroxylation is 1. The van der Waals surface area contributed by atoms with Crippen LogP contribution in [0.3, 0.4) is 0 Å². The van der Waals surface area contributed by atoms with E-state index >= 15 is 0 Å². The van der Waals surface area contributed by atoms with Crippen molar-refractivity contribution in [2.45, 2.75) is 12.8 Å². The molecule has 26 heavy (non-hydrogen) atoms. The summed E-state index contributed by atoms with van der Waals surface area (Å²) in [4.78, 5) is 20.7. The fourth-order valence-corrected chi connectivity index (χ4v) is 2.83. The Morgan fingerprint density at radius 3 is 2.58 bits per heavy atom. The molecule has 2 aromatic heterocycles. The molecule has 0 aliphatic carbocycles. The van der Waals surface area contributed by atoms with Gasteiger partial charge in [0, 0.05) is 29.6 Å². The number of aromatic nitrogens is 2. The van der Waals surface area contributed by atoms with Crippen molar-refractivity contribution in [3.05, 3.63) is 77.7 Å². The van der Waals surface area contributed by atoms with Crippen LogP contribution in [0.1, 0.15) is 27.5 Å². The fourth-order valence-electron chi connectivity index (χ4n) is 2.83. The minimum absolute atomic E-state index is 0.218. The van der Waals surface area contributed by atoms with Crippen LogP contribution in [0.5, 0.6) is 0 Å². The predicted molar refractivity (Wildman–Crippen MR) is 100 cm³/mol. The second-order valence-corrected chi connectivity index (χ2v) is 6.43. The zero-order valence-corrected chi connectivity index (χ0v) is 14.5. The van der Waals surface area contributed by atoms with E-state index in [9.17, 15) is 4.79 Å². The maximum absolute atomic E-state index is 12.2. The van der Waals surface area contributed by atoms with Gasteiger partial charge < -0.3 is 10.1 Å². The molecule has 5 heteroatoms. The second kappa shape index (κ2) is 7.06. The molecule has 1 N–H and O–H groups in total. The number of nitrogens with one attached hydrogen (secondary N) is 1. The molecule has 0 spiro atoms. The first-order chi connectivity index (χ1) is 12.7. The number of carbonyl (C=O) groups excluding carboxylic acids is 1. The molecule has 1 aliphatic rings. The number of anilines is 1. The maximum Gasteiger partial charge on any atom is 0.258 e. The molecule has 130 valence electrons. The lowest BCUT2D eigenvalue weighted by atomic mass is 9.94. The average molecular weight is 345 g/mol. The van der Waals surface area contributed by atoms with Gasteiger partial charge in [-0.1, -0.05) is 24.3 Å². The number of carbonyl (C=O) groups is 1. The van der Waals surface area contributed by atoms with Gasteiger partial charge in [-0.15, -0.1) is 0 Å². The van der Waals surface area contributed by atoms with E-state index in [1.54, 1.807) is 18.5 Å². The fraction of sp³-hybridized carbons (Fsp3) is 0.190. The minimum atomic E-state index is -0.218.